The van der Waals surface area contributed by atoms with Gasteiger partial charge in [-0.25, -0.2) is 13.5 Å². The molecule has 1 heterocycles. The number of aliphatic hydroxyl groups is 1. The third-order valence-electron chi connectivity index (χ3n) is 2.02. The number of hydrogen-bond acceptors (Lipinski definition) is 3. The SMILES string of the molecule is OCc1cn(Cc2cc(F)cc(F)c2)nn1. The molecule has 1 N–H and O–H groups in total. The van der Waals surface area contributed by atoms with Crippen LogP contribution >= 0.6 is 0 Å². The molecular weight excluding hydrogens is 216 g/mol. The fraction of sp³-hybridized carbons (Fsp3) is 0.200. The van der Waals surface area contributed by atoms with E-state index < -0.39 is 11.6 Å². The van der Waals surface area contributed by atoms with Gasteiger partial charge in [-0.05, 0) is 17.7 Å². The summed E-state index contributed by atoms with van der Waals surface area (Å²) in [5.41, 5.74) is 0.865. The van der Waals surface area contributed by atoms with E-state index in [9.17, 15) is 8.78 Å². The summed E-state index contributed by atoms with van der Waals surface area (Å²) in [5.74, 6) is -1.25. The second-order valence-corrected chi connectivity index (χ2v) is 3.34. The maximum Gasteiger partial charge on any atom is 0.126 e. The molecule has 0 saturated carbocycles. The Balaban J connectivity index is 2.19. The van der Waals surface area contributed by atoms with E-state index >= 15 is 0 Å². The van der Waals surface area contributed by atoms with E-state index in [1.165, 1.54) is 23.0 Å². The van der Waals surface area contributed by atoms with E-state index in [0.717, 1.165) is 6.07 Å². The van der Waals surface area contributed by atoms with Crippen LogP contribution in [0, 0.1) is 11.6 Å². The van der Waals surface area contributed by atoms with E-state index in [2.05, 4.69) is 10.3 Å². The van der Waals surface area contributed by atoms with Gasteiger partial charge in [-0.3, -0.25) is 0 Å². The van der Waals surface area contributed by atoms with Crippen molar-refractivity contribution >= 4 is 0 Å². The van der Waals surface area contributed by atoms with E-state index in [-0.39, 0.29) is 13.2 Å². The summed E-state index contributed by atoms with van der Waals surface area (Å²) in [6.07, 6.45) is 1.52. The Morgan fingerprint density at radius 1 is 1.19 bits per heavy atom. The van der Waals surface area contributed by atoms with Crippen molar-refractivity contribution in [2.24, 2.45) is 0 Å². The minimum absolute atomic E-state index is 0.210. The molecular formula is C10H9F2N3O. The molecule has 0 aliphatic carbocycles. The number of halogens is 2. The molecule has 0 saturated heterocycles. The molecule has 2 rings (SSSR count). The van der Waals surface area contributed by atoms with Crippen molar-refractivity contribution in [1.82, 2.24) is 15.0 Å². The molecule has 0 bridgehead atoms. The molecule has 0 aliphatic rings. The molecule has 0 amide bonds. The van der Waals surface area contributed by atoms with Gasteiger partial charge in [0.05, 0.1) is 19.3 Å². The first-order valence-corrected chi connectivity index (χ1v) is 4.62. The van der Waals surface area contributed by atoms with Crippen LogP contribution in [0.15, 0.2) is 24.4 Å². The van der Waals surface area contributed by atoms with E-state index in [0.29, 0.717) is 11.3 Å². The van der Waals surface area contributed by atoms with Crippen molar-refractivity contribution in [3.05, 3.63) is 47.3 Å². The highest BCUT2D eigenvalue weighted by atomic mass is 19.1. The normalized spacial score (nSPS) is 10.7. The Morgan fingerprint density at radius 3 is 2.44 bits per heavy atom. The molecule has 6 heteroatoms. The fourth-order valence-corrected chi connectivity index (χ4v) is 1.38. The molecule has 2 aromatic rings. The quantitative estimate of drug-likeness (QED) is 0.850. The van der Waals surface area contributed by atoms with Crippen LogP contribution in [0.3, 0.4) is 0 Å². The van der Waals surface area contributed by atoms with Crippen LogP contribution < -0.4 is 0 Å². The summed E-state index contributed by atoms with van der Waals surface area (Å²) in [7, 11) is 0. The molecule has 0 unspecified atom stereocenters. The fourth-order valence-electron chi connectivity index (χ4n) is 1.38. The van der Waals surface area contributed by atoms with Crippen molar-refractivity contribution in [3.8, 4) is 0 Å². The molecule has 0 atom stereocenters. The van der Waals surface area contributed by atoms with Crippen LogP contribution in [0.2, 0.25) is 0 Å². The molecule has 0 fully saturated rings. The van der Waals surface area contributed by atoms with Crippen molar-refractivity contribution in [1.29, 1.82) is 0 Å². The van der Waals surface area contributed by atoms with Crippen LogP contribution in [0.5, 0.6) is 0 Å². The van der Waals surface area contributed by atoms with Gasteiger partial charge in [0.2, 0.25) is 0 Å². The molecule has 16 heavy (non-hydrogen) atoms. The number of nitrogens with zero attached hydrogens (tertiary/aromatic N) is 3. The van der Waals surface area contributed by atoms with Gasteiger partial charge in [-0.15, -0.1) is 5.10 Å². The van der Waals surface area contributed by atoms with Crippen molar-refractivity contribution in [3.63, 3.8) is 0 Å². The maximum absolute atomic E-state index is 12.9. The van der Waals surface area contributed by atoms with Gasteiger partial charge in [0.1, 0.15) is 17.3 Å². The number of aliphatic hydroxyl groups excluding tert-OH is 1. The van der Waals surface area contributed by atoms with Crippen molar-refractivity contribution < 1.29 is 13.9 Å². The maximum atomic E-state index is 12.9. The Kier molecular flexibility index (Phi) is 2.91. The highest BCUT2D eigenvalue weighted by Gasteiger charge is 2.03. The first kappa shape index (κ1) is 10.7. The topological polar surface area (TPSA) is 50.9 Å². The number of benzene rings is 1. The van der Waals surface area contributed by atoms with E-state index in [4.69, 9.17) is 5.11 Å². The zero-order valence-electron chi connectivity index (χ0n) is 8.27. The lowest BCUT2D eigenvalue weighted by Gasteiger charge is -2.01. The lowest BCUT2D eigenvalue weighted by atomic mass is 10.2. The molecule has 1 aromatic carbocycles. The number of rotatable bonds is 3. The Labute approximate surface area is 90.1 Å². The van der Waals surface area contributed by atoms with Crippen LogP contribution in [0.4, 0.5) is 8.78 Å². The van der Waals surface area contributed by atoms with Crippen molar-refractivity contribution in [2.75, 3.05) is 0 Å². The zero-order chi connectivity index (χ0) is 11.5. The summed E-state index contributed by atoms with van der Waals surface area (Å²) >= 11 is 0. The first-order valence-electron chi connectivity index (χ1n) is 4.62. The number of hydrogen-bond donors (Lipinski definition) is 1. The van der Waals surface area contributed by atoms with Crippen molar-refractivity contribution in [2.45, 2.75) is 13.2 Å². The van der Waals surface area contributed by atoms with Crippen LogP contribution in [0.25, 0.3) is 0 Å². The predicted molar refractivity (Wildman–Crippen MR) is 51.4 cm³/mol. The monoisotopic (exact) mass is 225 g/mol. The molecule has 84 valence electrons. The van der Waals surface area contributed by atoms with Crippen LogP contribution in [-0.2, 0) is 13.2 Å². The molecule has 4 nitrogen and oxygen atoms in total. The van der Waals surface area contributed by atoms with Crippen LogP contribution in [-0.4, -0.2) is 20.1 Å². The van der Waals surface area contributed by atoms with Gasteiger partial charge < -0.3 is 5.11 Å². The predicted octanol–water partition coefficient (Wildman–Crippen LogP) is 1.10. The highest BCUT2D eigenvalue weighted by molar-refractivity contribution is 5.18. The number of aromatic nitrogens is 3. The lowest BCUT2D eigenvalue weighted by Crippen LogP contribution is -2.01. The summed E-state index contributed by atoms with van der Waals surface area (Å²) in [4.78, 5) is 0. The highest BCUT2D eigenvalue weighted by Crippen LogP contribution is 2.09. The summed E-state index contributed by atoms with van der Waals surface area (Å²) in [6.45, 7) is -0.000802. The van der Waals surface area contributed by atoms with Gasteiger partial charge in [0.15, 0.2) is 0 Å². The smallest absolute Gasteiger partial charge is 0.126 e. The summed E-state index contributed by atoms with van der Waals surface area (Å²) in [5, 5.41) is 16.1. The molecule has 0 spiro atoms. The summed E-state index contributed by atoms with van der Waals surface area (Å²) in [6, 6.07) is 3.26. The average molecular weight is 225 g/mol. The van der Waals surface area contributed by atoms with Gasteiger partial charge in [-0.2, -0.15) is 0 Å². The largest absolute Gasteiger partial charge is 0.390 e. The second-order valence-electron chi connectivity index (χ2n) is 3.34. The van der Waals surface area contributed by atoms with Gasteiger partial charge >= 0.3 is 0 Å². The Hall–Kier alpha value is -1.82. The third-order valence-corrected chi connectivity index (χ3v) is 2.02. The minimum atomic E-state index is -0.627. The van der Waals surface area contributed by atoms with E-state index in [1.807, 2.05) is 0 Å². The average Bonchev–Trinajstić information content (AvgIpc) is 2.64. The van der Waals surface area contributed by atoms with Gasteiger partial charge in [-0.1, -0.05) is 5.21 Å². The molecule has 1 aromatic heterocycles. The Morgan fingerprint density at radius 2 is 1.88 bits per heavy atom. The molecule has 0 radical (unpaired) electrons. The zero-order valence-corrected chi connectivity index (χ0v) is 8.27. The second kappa shape index (κ2) is 4.36. The first-order chi connectivity index (χ1) is 7.67. The van der Waals surface area contributed by atoms with Gasteiger partial charge in [0, 0.05) is 6.07 Å². The van der Waals surface area contributed by atoms with E-state index in [1.54, 1.807) is 0 Å². The summed E-state index contributed by atoms with van der Waals surface area (Å²) < 4.78 is 27.2. The Bertz CT molecular complexity index is 478. The minimum Gasteiger partial charge on any atom is -0.390 e. The van der Waals surface area contributed by atoms with Crippen LogP contribution in [0.1, 0.15) is 11.3 Å². The third kappa shape index (κ3) is 2.40. The van der Waals surface area contributed by atoms with Gasteiger partial charge in [0.25, 0.3) is 0 Å². The lowest BCUT2D eigenvalue weighted by molar-refractivity contribution is 0.276. The standard InChI is InChI=1S/C10H9F2N3O/c11-8-1-7(2-9(12)3-8)4-15-5-10(6-16)13-14-15/h1-3,5,16H,4,6H2. The molecule has 0 aliphatic heterocycles.